The number of rotatable bonds is 4. The quantitative estimate of drug-likeness (QED) is 0.805. The van der Waals surface area contributed by atoms with Gasteiger partial charge in [0, 0.05) is 12.1 Å². The van der Waals surface area contributed by atoms with E-state index in [1.165, 1.54) is 0 Å². The SMILES string of the molecule is NCc1nc(S(N)(=O)=O)c(OC(F)(F)F)cc1C(F)F. The molecule has 1 heterocycles. The van der Waals surface area contributed by atoms with Gasteiger partial charge in [0.15, 0.2) is 5.75 Å². The zero-order valence-corrected chi connectivity index (χ0v) is 10.3. The number of halogens is 5. The number of nitrogens with two attached hydrogens (primary N) is 2. The fraction of sp³-hybridized carbons (Fsp3) is 0.375. The van der Waals surface area contributed by atoms with Crippen molar-refractivity contribution in [2.45, 2.75) is 24.4 Å². The Morgan fingerprint density at radius 2 is 1.90 bits per heavy atom. The second-order valence-electron chi connectivity index (χ2n) is 3.43. The first-order valence-electron chi connectivity index (χ1n) is 4.76. The van der Waals surface area contributed by atoms with Crippen LogP contribution in [-0.4, -0.2) is 19.8 Å². The Balaban J connectivity index is 3.57. The zero-order chi connectivity index (χ0) is 15.7. The Morgan fingerprint density at radius 3 is 2.25 bits per heavy atom. The highest BCUT2D eigenvalue weighted by atomic mass is 32.2. The maximum atomic E-state index is 12.6. The molecule has 0 spiro atoms. The first-order valence-corrected chi connectivity index (χ1v) is 6.31. The topological polar surface area (TPSA) is 108 Å². The number of sulfonamides is 1. The van der Waals surface area contributed by atoms with Crippen molar-refractivity contribution in [2.24, 2.45) is 10.9 Å². The number of alkyl halides is 5. The van der Waals surface area contributed by atoms with Gasteiger partial charge in [0.1, 0.15) is 0 Å². The molecule has 0 fully saturated rings. The Labute approximate surface area is 109 Å². The molecular weight excluding hydrogens is 313 g/mol. The molecule has 0 aliphatic heterocycles. The van der Waals surface area contributed by atoms with E-state index in [1.54, 1.807) is 0 Å². The molecule has 0 unspecified atom stereocenters. The molecule has 0 aromatic carbocycles. The van der Waals surface area contributed by atoms with Crippen LogP contribution < -0.4 is 15.6 Å². The lowest BCUT2D eigenvalue weighted by molar-refractivity contribution is -0.275. The second kappa shape index (κ2) is 5.46. The van der Waals surface area contributed by atoms with Crippen molar-refractivity contribution in [3.05, 3.63) is 17.3 Å². The lowest BCUT2D eigenvalue weighted by Crippen LogP contribution is -2.23. The standard InChI is InChI=1S/C8H8F5N3O3S/c9-6(10)3-1-5(19-8(11,12)13)7(20(15,17)18)16-4(3)2-14/h1,6H,2,14H2,(H2,15,17,18). The summed E-state index contributed by atoms with van der Waals surface area (Å²) in [4.78, 5) is 3.12. The van der Waals surface area contributed by atoms with E-state index in [9.17, 15) is 30.4 Å². The molecule has 0 amide bonds. The summed E-state index contributed by atoms with van der Waals surface area (Å²) in [6.45, 7) is -0.617. The third-order valence-corrected chi connectivity index (χ3v) is 2.82. The third-order valence-electron chi connectivity index (χ3n) is 1.99. The molecule has 0 atom stereocenters. The molecule has 20 heavy (non-hydrogen) atoms. The zero-order valence-electron chi connectivity index (χ0n) is 9.49. The van der Waals surface area contributed by atoms with Gasteiger partial charge in [-0.2, -0.15) is 0 Å². The highest BCUT2D eigenvalue weighted by Gasteiger charge is 2.35. The van der Waals surface area contributed by atoms with Crippen LogP contribution in [0.1, 0.15) is 17.7 Å². The molecule has 1 aromatic rings. The van der Waals surface area contributed by atoms with Gasteiger partial charge < -0.3 is 10.5 Å². The summed E-state index contributed by atoms with van der Waals surface area (Å²) in [7, 11) is -4.72. The summed E-state index contributed by atoms with van der Waals surface area (Å²) in [6.07, 6.45) is -8.52. The maximum absolute atomic E-state index is 12.6. The molecule has 4 N–H and O–H groups in total. The van der Waals surface area contributed by atoms with Crippen molar-refractivity contribution >= 4 is 10.0 Å². The summed E-state index contributed by atoms with van der Waals surface area (Å²) < 4.78 is 87.3. The maximum Gasteiger partial charge on any atom is 0.573 e. The minimum absolute atomic E-state index is 0.201. The number of ether oxygens (including phenoxy) is 1. The van der Waals surface area contributed by atoms with Crippen LogP contribution in [0.25, 0.3) is 0 Å². The summed E-state index contributed by atoms with van der Waals surface area (Å²) in [6, 6.07) is 0.201. The molecule has 0 bridgehead atoms. The van der Waals surface area contributed by atoms with Crippen molar-refractivity contribution in [3.63, 3.8) is 0 Å². The van der Waals surface area contributed by atoms with Crippen molar-refractivity contribution < 1.29 is 35.1 Å². The van der Waals surface area contributed by atoms with E-state index in [0.29, 0.717) is 0 Å². The van der Waals surface area contributed by atoms with Crippen LogP contribution in [0, 0.1) is 0 Å². The summed E-state index contributed by atoms with van der Waals surface area (Å²) in [5.41, 5.74) is 3.51. The Morgan fingerprint density at radius 1 is 1.35 bits per heavy atom. The van der Waals surface area contributed by atoms with Gasteiger partial charge in [-0.15, -0.1) is 13.2 Å². The fourth-order valence-corrected chi connectivity index (χ4v) is 1.90. The van der Waals surface area contributed by atoms with Crippen molar-refractivity contribution in [3.8, 4) is 5.75 Å². The summed E-state index contributed by atoms with van der Waals surface area (Å²) in [5.74, 6) is -1.44. The molecule has 0 radical (unpaired) electrons. The van der Waals surface area contributed by atoms with Gasteiger partial charge in [-0.05, 0) is 6.07 Å². The average molecular weight is 321 g/mol. The van der Waals surface area contributed by atoms with Gasteiger partial charge in [-0.3, -0.25) is 0 Å². The largest absolute Gasteiger partial charge is 0.573 e. The van der Waals surface area contributed by atoms with Crippen LogP contribution in [0.2, 0.25) is 0 Å². The van der Waals surface area contributed by atoms with Crippen LogP contribution in [0.5, 0.6) is 5.75 Å². The van der Waals surface area contributed by atoms with E-state index in [2.05, 4.69) is 14.9 Å². The highest BCUT2D eigenvalue weighted by Crippen LogP contribution is 2.33. The van der Waals surface area contributed by atoms with E-state index in [-0.39, 0.29) is 6.07 Å². The van der Waals surface area contributed by atoms with Crippen molar-refractivity contribution in [2.75, 3.05) is 0 Å². The van der Waals surface area contributed by atoms with Gasteiger partial charge in [-0.25, -0.2) is 27.3 Å². The molecule has 0 saturated heterocycles. The predicted octanol–water partition coefficient (Wildman–Crippen LogP) is 1.02. The highest BCUT2D eigenvalue weighted by molar-refractivity contribution is 7.89. The smallest absolute Gasteiger partial charge is 0.403 e. The van der Waals surface area contributed by atoms with Crippen LogP contribution in [0.3, 0.4) is 0 Å². The number of aromatic nitrogens is 1. The first kappa shape index (κ1) is 16.5. The predicted molar refractivity (Wildman–Crippen MR) is 55.1 cm³/mol. The lowest BCUT2D eigenvalue weighted by atomic mass is 10.2. The van der Waals surface area contributed by atoms with E-state index < -0.39 is 51.4 Å². The minimum Gasteiger partial charge on any atom is -0.403 e. The van der Waals surface area contributed by atoms with Gasteiger partial charge >= 0.3 is 6.36 Å². The van der Waals surface area contributed by atoms with Gasteiger partial charge in [-0.1, -0.05) is 0 Å². The Kier molecular flexibility index (Phi) is 4.51. The second-order valence-corrected chi connectivity index (χ2v) is 4.90. The lowest BCUT2D eigenvalue weighted by Gasteiger charge is -2.15. The van der Waals surface area contributed by atoms with E-state index in [4.69, 9.17) is 5.73 Å². The molecule has 1 aromatic heterocycles. The molecule has 0 saturated carbocycles. The molecular formula is C8H8F5N3O3S. The van der Waals surface area contributed by atoms with Crippen LogP contribution in [-0.2, 0) is 16.6 Å². The van der Waals surface area contributed by atoms with Crippen LogP contribution >= 0.6 is 0 Å². The third kappa shape index (κ3) is 3.98. The van der Waals surface area contributed by atoms with E-state index in [1.807, 2.05) is 0 Å². The molecule has 0 aliphatic carbocycles. The fourth-order valence-electron chi connectivity index (χ4n) is 1.28. The Hall–Kier alpha value is -1.53. The molecule has 1 rings (SSSR count). The molecule has 114 valence electrons. The van der Waals surface area contributed by atoms with E-state index in [0.717, 1.165) is 0 Å². The van der Waals surface area contributed by atoms with E-state index >= 15 is 0 Å². The monoisotopic (exact) mass is 321 g/mol. The average Bonchev–Trinajstić information content (AvgIpc) is 2.24. The molecule has 12 heteroatoms. The Bertz CT molecular complexity index is 602. The van der Waals surface area contributed by atoms with Gasteiger partial charge in [0.05, 0.1) is 5.69 Å². The van der Waals surface area contributed by atoms with Crippen molar-refractivity contribution in [1.29, 1.82) is 0 Å². The number of nitrogens with zero attached hydrogens (tertiary/aromatic N) is 1. The van der Waals surface area contributed by atoms with Crippen LogP contribution in [0.4, 0.5) is 22.0 Å². The normalized spacial score (nSPS) is 12.8. The summed E-state index contributed by atoms with van der Waals surface area (Å²) in [5, 5.41) is 3.34. The minimum atomic E-state index is -5.30. The van der Waals surface area contributed by atoms with Gasteiger partial charge in [0.2, 0.25) is 5.03 Å². The summed E-state index contributed by atoms with van der Waals surface area (Å²) >= 11 is 0. The van der Waals surface area contributed by atoms with Gasteiger partial charge in [0.25, 0.3) is 16.4 Å². The number of hydrogen-bond acceptors (Lipinski definition) is 5. The first-order chi connectivity index (χ1) is 8.95. The van der Waals surface area contributed by atoms with Crippen LogP contribution in [0.15, 0.2) is 11.1 Å². The number of hydrogen-bond donors (Lipinski definition) is 2. The van der Waals surface area contributed by atoms with Crippen molar-refractivity contribution in [1.82, 2.24) is 4.98 Å². The molecule has 0 aliphatic rings. The number of primary sulfonamides is 1. The number of pyridine rings is 1. The molecule has 6 nitrogen and oxygen atoms in total.